The zero-order valence-electron chi connectivity index (χ0n) is 12.2. The molecule has 0 spiro atoms. The van der Waals surface area contributed by atoms with Crippen LogP contribution in [-0.2, 0) is 9.53 Å². The van der Waals surface area contributed by atoms with Gasteiger partial charge in [0.05, 0.1) is 0 Å². The summed E-state index contributed by atoms with van der Waals surface area (Å²) in [5.41, 5.74) is 1.44. The Kier molecular flexibility index (Phi) is 6.65. The second-order valence-corrected chi connectivity index (χ2v) is 18.2. The molecular formula is C12H28O3Si2. The molecule has 0 aliphatic heterocycles. The van der Waals surface area contributed by atoms with Crippen molar-refractivity contribution in [2.75, 3.05) is 6.61 Å². The third-order valence-corrected chi connectivity index (χ3v) is 12.5. The zero-order chi connectivity index (χ0) is 13.7. The highest BCUT2D eigenvalue weighted by atomic mass is 28.4. The Balaban J connectivity index is 3.84. The van der Waals surface area contributed by atoms with Crippen LogP contribution in [-0.4, -0.2) is 39.9 Å². The Labute approximate surface area is 108 Å². The lowest BCUT2D eigenvalue weighted by molar-refractivity contribution is -0.149. The summed E-state index contributed by atoms with van der Waals surface area (Å²) >= 11 is 0. The number of hydrogen-bond acceptors (Lipinski definition) is 2. The molecule has 0 fully saturated rings. The van der Waals surface area contributed by atoms with Crippen molar-refractivity contribution in [2.45, 2.75) is 63.9 Å². The van der Waals surface area contributed by atoms with Crippen molar-refractivity contribution in [3.05, 3.63) is 0 Å². The van der Waals surface area contributed by atoms with Gasteiger partial charge >= 0.3 is 5.97 Å². The molecule has 1 N–H and O–H groups in total. The number of rotatable bonds is 8. The number of carboxylic acid groups (broad SMARTS) is 1. The van der Waals surface area contributed by atoms with Gasteiger partial charge in [0.25, 0.3) is 0 Å². The molecule has 0 aromatic heterocycles. The predicted molar refractivity (Wildman–Crippen MR) is 78.1 cm³/mol. The third kappa shape index (κ3) is 9.55. The van der Waals surface area contributed by atoms with Crippen LogP contribution in [0.3, 0.4) is 0 Å². The highest BCUT2D eigenvalue weighted by Crippen LogP contribution is 2.24. The summed E-state index contributed by atoms with van der Waals surface area (Å²) in [7, 11) is -2.07. The summed E-state index contributed by atoms with van der Waals surface area (Å²) in [6.07, 6.45) is 0.332. The quantitative estimate of drug-likeness (QED) is 0.545. The van der Waals surface area contributed by atoms with Gasteiger partial charge in [-0.2, -0.15) is 0 Å². The number of carbonyl (C=O) groups is 1. The summed E-state index contributed by atoms with van der Waals surface area (Å²) in [5.74, 6) is -0.872. The average molecular weight is 277 g/mol. The van der Waals surface area contributed by atoms with Crippen molar-refractivity contribution in [2.24, 2.45) is 0 Å². The molecule has 0 aromatic rings. The van der Waals surface area contributed by atoms with E-state index < -0.39 is 28.2 Å². The largest absolute Gasteiger partial charge is 0.479 e. The Morgan fingerprint density at radius 1 is 1.24 bits per heavy atom. The van der Waals surface area contributed by atoms with Crippen molar-refractivity contribution in [3.63, 3.8) is 0 Å². The van der Waals surface area contributed by atoms with E-state index in [1.54, 1.807) is 6.92 Å². The fourth-order valence-electron chi connectivity index (χ4n) is 2.41. The molecule has 0 heterocycles. The summed E-state index contributed by atoms with van der Waals surface area (Å²) in [6.45, 7) is 14.3. The van der Waals surface area contributed by atoms with Gasteiger partial charge in [0.2, 0.25) is 0 Å². The molecule has 3 nitrogen and oxygen atoms in total. The minimum Gasteiger partial charge on any atom is -0.479 e. The Morgan fingerprint density at radius 3 is 2.18 bits per heavy atom. The monoisotopic (exact) mass is 276 g/mol. The molecule has 0 aromatic carbocycles. The van der Waals surface area contributed by atoms with Gasteiger partial charge in [-0.1, -0.05) is 44.4 Å². The van der Waals surface area contributed by atoms with Gasteiger partial charge in [0.1, 0.15) is 0 Å². The molecule has 17 heavy (non-hydrogen) atoms. The molecular weight excluding hydrogens is 248 g/mol. The van der Waals surface area contributed by atoms with E-state index in [-0.39, 0.29) is 0 Å². The van der Waals surface area contributed by atoms with Crippen LogP contribution in [0.25, 0.3) is 0 Å². The third-order valence-electron chi connectivity index (χ3n) is 2.72. The second-order valence-electron chi connectivity index (χ2n) is 6.86. The molecule has 1 atom stereocenters. The second kappa shape index (κ2) is 6.70. The van der Waals surface area contributed by atoms with Gasteiger partial charge in [-0.15, -0.1) is 0 Å². The Hall–Kier alpha value is -0.136. The topological polar surface area (TPSA) is 46.5 Å². The molecule has 0 aliphatic carbocycles. The molecule has 0 aliphatic rings. The highest BCUT2D eigenvalue weighted by molar-refractivity contribution is 6.94. The van der Waals surface area contributed by atoms with E-state index in [0.29, 0.717) is 6.61 Å². The predicted octanol–water partition coefficient (Wildman–Crippen LogP) is 3.45. The summed E-state index contributed by atoms with van der Waals surface area (Å²) < 4.78 is 5.26. The van der Waals surface area contributed by atoms with Crippen LogP contribution in [0.5, 0.6) is 0 Å². The van der Waals surface area contributed by atoms with Crippen LogP contribution in [0, 0.1) is 0 Å². The van der Waals surface area contributed by atoms with Crippen LogP contribution in [0.4, 0.5) is 0 Å². The van der Waals surface area contributed by atoms with Crippen LogP contribution >= 0.6 is 0 Å². The zero-order valence-corrected chi connectivity index (χ0v) is 14.2. The summed E-state index contributed by atoms with van der Waals surface area (Å²) in [6, 6.07) is 1.24. The molecule has 0 saturated heterocycles. The number of carboxylic acids is 1. The van der Waals surface area contributed by atoms with Crippen LogP contribution in [0.15, 0.2) is 0 Å². The van der Waals surface area contributed by atoms with E-state index >= 15 is 0 Å². The smallest absolute Gasteiger partial charge is 0.332 e. The van der Waals surface area contributed by atoms with E-state index in [4.69, 9.17) is 9.84 Å². The fourth-order valence-corrected chi connectivity index (χ4v) is 15.7. The van der Waals surface area contributed by atoms with Gasteiger partial charge in [-0.25, -0.2) is 4.79 Å². The lowest BCUT2D eigenvalue weighted by Crippen LogP contribution is -2.37. The number of ether oxygens (including phenoxy) is 1. The average Bonchev–Trinajstić information content (AvgIpc) is 2.07. The van der Waals surface area contributed by atoms with Crippen molar-refractivity contribution < 1.29 is 14.6 Å². The standard InChI is InChI=1S/C12H28O3Si2/c1-11(12(13)14)15-8-7-9-17(5,6)10-16(2,3)4/h11H,7-10H2,1-6H3,(H,13,14)/t11-/m0/s1. The summed E-state index contributed by atoms with van der Waals surface area (Å²) in [5, 5.41) is 8.68. The van der Waals surface area contributed by atoms with Crippen molar-refractivity contribution >= 4 is 22.1 Å². The van der Waals surface area contributed by atoms with Gasteiger partial charge in [-0.05, 0) is 13.3 Å². The molecule has 0 bridgehead atoms. The van der Waals surface area contributed by atoms with Gasteiger partial charge < -0.3 is 9.84 Å². The molecule has 0 amide bonds. The minimum atomic E-state index is -1.10. The molecule has 0 radical (unpaired) electrons. The molecule has 0 saturated carbocycles. The van der Waals surface area contributed by atoms with Gasteiger partial charge in [0.15, 0.2) is 6.10 Å². The summed E-state index contributed by atoms with van der Waals surface area (Å²) in [4.78, 5) is 10.6. The Morgan fingerprint density at radius 2 is 1.76 bits per heavy atom. The molecule has 5 heteroatoms. The molecule has 0 unspecified atom stereocenters. The maximum atomic E-state index is 10.6. The molecule has 0 rings (SSSR count). The maximum Gasteiger partial charge on any atom is 0.332 e. The number of aliphatic carboxylic acids is 1. The Bertz CT molecular complexity index is 247. The van der Waals surface area contributed by atoms with Crippen LogP contribution < -0.4 is 0 Å². The van der Waals surface area contributed by atoms with Crippen LogP contribution in [0.2, 0.25) is 44.4 Å². The molecule has 102 valence electrons. The lowest BCUT2D eigenvalue weighted by atomic mass is 10.4. The first-order chi connectivity index (χ1) is 7.53. The minimum absolute atomic E-state index is 0.579. The van der Waals surface area contributed by atoms with Crippen molar-refractivity contribution in [1.82, 2.24) is 0 Å². The van der Waals surface area contributed by atoms with E-state index in [1.165, 1.54) is 11.7 Å². The number of hydrogen-bond donors (Lipinski definition) is 1. The normalized spacial score (nSPS) is 14.7. The first kappa shape index (κ1) is 16.9. The van der Waals surface area contributed by atoms with Gasteiger partial charge in [0, 0.05) is 22.8 Å². The first-order valence-corrected chi connectivity index (χ1v) is 13.5. The van der Waals surface area contributed by atoms with Crippen molar-refractivity contribution in [3.8, 4) is 0 Å². The van der Waals surface area contributed by atoms with Crippen molar-refractivity contribution in [1.29, 1.82) is 0 Å². The van der Waals surface area contributed by atoms with Crippen LogP contribution in [0.1, 0.15) is 13.3 Å². The lowest BCUT2D eigenvalue weighted by Gasteiger charge is -2.29. The van der Waals surface area contributed by atoms with E-state index in [1.807, 2.05) is 0 Å². The first-order valence-electron chi connectivity index (χ1n) is 6.38. The van der Waals surface area contributed by atoms with E-state index in [2.05, 4.69) is 32.7 Å². The van der Waals surface area contributed by atoms with Gasteiger partial charge in [-0.3, -0.25) is 0 Å². The SMILES string of the molecule is C[C@H](OCCC[Si](C)(C)C[Si](C)(C)C)C(=O)O. The maximum absolute atomic E-state index is 10.6. The highest BCUT2D eigenvalue weighted by Gasteiger charge is 2.28. The fraction of sp³-hybridized carbons (Fsp3) is 0.917. The van der Waals surface area contributed by atoms with E-state index in [0.717, 1.165) is 6.42 Å². The van der Waals surface area contributed by atoms with E-state index in [9.17, 15) is 4.79 Å².